The van der Waals surface area contributed by atoms with Crippen molar-refractivity contribution in [1.82, 2.24) is 19.4 Å². The third kappa shape index (κ3) is 3.24. The van der Waals surface area contributed by atoms with Gasteiger partial charge in [0, 0.05) is 37.8 Å². The molecule has 0 radical (unpaired) electrons. The molecule has 138 valence electrons. The van der Waals surface area contributed by atoms with Crippen LogP contribution in [0.15, 0.2) is 35.2 Å². The van der Waals surface area contributed by atoms with Gasteiger partial charge in [-0.3, -0.25) is 9.89 Å². The number of piperazine rings is 1. The Bertz CT molecular complexity index is 931. The normalized spacial score (nSPS) is 18.9. The zero-order chi connectivity index (χ0) is 18.3. The number of amides is 1. The molecule has 0 spiro atoms. The molecule has 1 saturated carbocycles. The van der Waals surface area contributed by atoms with Gasteiger partial charge in [0.25, 0.3) is 5.91 Å². The van der Waals surface area contributed by atoms with Crippen molar-refractivity contribution < 1.29 is 17.6 Å². The summed E-state index contributed by atoms with van der Waals surface area (Å²) in [5.74, 6) is -0.307. The number of benzene rings is 1. The molecule has 1 aliphatic heterocycles. The van der Waals surface area contributed by atoms with E-state index in [0.717, 1.165) is 24.6 Å². The molecule has 2 aromatic rings. The topological polar surface area (TPSA) is 86.4 Å². The molecule has 1 amide bonds. The summed E-state index contributed by atoms with van der Waals surface area (Å²) in [4.78, 5) is 14.1. The molecule has 1 N–H and O–H groups in total. The number of carbonyl (C=O) groups excluding carboxylic acids is 1. The minimum absolute atomic E-state index is 0.0707. The molecule has 0 atom stereocenters. The molecule has 1 aromatic carbocycles. The molecule has 1 saturated heterocycles. The van der Waals surface area contributed by atoms with E-state index >= 15 is 0 Å². The molecular formula is C17H19FN4O3S. The number of hydrogen-bond acceptors (Lipinski definition) is 4. The largest absolute Gasteiger partial charge is 0.335 e. The van der Waals surface area contributed by atoms with E-state index in [4.69, 9.17) is 0 Å². The Balaban J connectivity index is 1.42. The van der Waals surface area contributed by atoms with Gasteiger partial charge in [0.05, 0.1) is 4.90 Å². The van der Waals surface area contributed by atoms with Gasteiger partial charge in [0.1, 0.15) is 11.5 Å². The van der Waals surface area contributed by atoms with Crippen LogP contribution in [-0.2, 0) is 10.0 Å². The molecule has 7 nitrogen and oxygen atoms in total. The highest BCUT2D eigenvalue weighted by atomic mass is 32.2. The van der Waals surface area contributed by atoms with Crippen LogP contribution in [0.3, 0.4) is 0 Å². The predicted molar refractivity (Wildman–Crippen MR) is 91.6 cm³/mol. The first-order chi connectivity index (χ1) is 12.4. The Morgan fingerprint density at radius 2 is 1.88 bits per heavy atom. The van der Waals surface area contributed by atoms with Crippen LogP contribution in [0.2, 0.25) is 0 Å². The van der Waals surface area contributed by atoms with Crippen molar-refractivity contribution in [2.24, 2.45) is 0 Å². The molecule has 9 heteroatoms. The second kappa shape index (κ2) is 6.48. The standard InChI is InChI=1S/C17H19FN4O3S/c18-13-2-1-3-14(10-13)26(24,25)22-8-6-21(7-9-22)17(23)16-11-15(19-20-16)12-4-5-12/h1-3,10-12H,4-9H2,(H,19,20). The van der Waals surface area contributed by atoms with E-state index in [-0.39, 0.29) is 37.0 Å². The molecule has 4 rings (SSSR count). The van der Waals surface area contributed by atoms with E-state index in [1.165, 1.54) is 22.5 Å². The fourth-order valence-electron chi connectivity index (χ4n) is 3.12. The Hall–Kier alpha value is -2.26. The average molecular weight is 378 g/mol. The van der Waals surface area contributed by atoms with Gasteiger partial charge >= 0.3 is 0 Å². The summed E-state index contributed by atoms with van der Waals surface area (Å²) in [6.45, 7) is 0.896. The number of hydrogen-bond donors (Lipinski definition) is 1. The minimum Gasteiger partial charge on any atom is -0.335 e. The number of aromatic nitrogens is 2. The SMILES string of the molecule is O=C(c1cc(C2CC2)[nH]n1)N1CCN(S(=O)(=O)c2cccc(F)c2)CC1. The highest BCUT2D eigenvalue weighted by Gasteiger charge is 2.32. The number of H-pyrrole nitrogens is 1. The lowest BCUT2D eigenvalue weighted by Crippen LogP contribution is -2.50. The van der Waals surface area contributed by atoms with Crippen LogP contribution in [0.25, 0.3) is 0 Å². The van der Waals surface area contributed by atoms with Gasteiger partial charge in [0.15, 0.2) is 0 Å². The van der Waals surface area contributed by atoms with Gasteiger partial charge in [-0.05, 0) is 37.1 Å². The molecule has 2 aliphatic rings. The van der Waals surface area contributed by atoms with Gasteiger partial charge < -0.3 is 4.90 Å². The first-order valence-corrected chi connectivity index (χ1v) is 9.99. The summed E-state index contributed by atoms with van der Waals surface area (Å²) in [5.41, 5.74) is 1.36. The number of nitrogens with zero attached hydrogens (tertiary/aromatic N) is 3. The van der Waals surface area contributed by atoms with Gasteiger partial charge in [-0.15, -0.1) is 0 Å². The molecule has 1 aliphatic carbocycles. The van der Waals surface area contributed by atoms with E-state index in [1.807, 2.05) is 0 Å². The van der Waals surface area contributed by atoms with Crippen molar-refractivity contribution in [3.63, 3.8) is 0 Å². The zero-order valence-electron chi connectivity index (χ0n) is 14.1. The van der Waals surface area contributed by atoms with Gasteiger partial charge in [-0.25, -0.2) is 12.8 Å². The quantitative estimate of drug-likeness (QED) is 0.875. The maximum absolute atomic E-state index is 13.3. The molecule has 0 unspecified atom stereocenters. The number of aromatic amines is 1. The van der Waals surface area contributed by atoms with Gasteiger partial charge in [-0.2, -0.15) is 9.40 Å². The van der Waals surface area contributed by atoms with Crippen molar-refractivity contribution in [3.8, 4) is 0 Å². The lowest BCUT2D eigenvalue weighted by atomic mass is 10.2. The Morgan fingerprint density at radius 3 is 2.54 bits per heavy atom. The van der Waals surface area contributed by atoms with Crippen LogP contribution in [-0.4, -0.2) is 59.9 Å². The maximum Gasteiger partial charge on any atom is 0.274 e. The lowest BCUT2D eigenvalue weighted by molar-refractivity contribution is 0.0692. The highest BCUT2D eigenvalue weighted by molar-refractivity contribution is 7.89. The van der Waals surface area contributed by atoms with Gasteiger partial charge in [-0.1, -0.05) is 6.07 Å². The van der Waals surface area contributed by atoms with Crippen LogP contribution < -0.4 is 0 Å². The molecule has 1 aromatic heterocycles. The van der Waals surface area contributed by atoms with E-state index in [2.05, 4.69) is 10.2 Å². The summed E-state index contributed by atoms with van der Waals surface area (Å²) in [6, 6.07) is 6.75. The average Bonchev–Trinajstić information content (AvgIpc) is 3.38. The van der Waals surface area contributed by atoms with E-state index in [0.29, 0.717) is 11.6 Å². The minimum atomic E-state index is -3.76. The predicted octanol–water partition coefficient (Wildman–Crippen LogP) is 1.57. The smallest absolute Gasteiger partial charge is 0.274 e. The fraction of sp³-hybridized carbons (Fsp3) is 0.412. The summed E-state index contributed by atoms with van der Waals surface area (Å²) >= 11 is 0. The fourth-order valence-corrected chi connectivity index (χ4v) is 4.57. The van der Waals surface area contributed by atoms with Gasteiger partial charge in [0.2, 0.25) is 10.0 Å². The van der Waals surface area contributed by atoms with Crippen LogP contribution in [0.4, 0.5) is 4.39 Å². The molecule has 2 heterocycles. The van der Waals surface area contributed by atoms with E-state index in [9.17, 15) is 17.6 Å². The zero-order valence-corrected chi connectivity index (χ0v) is 14.9. The Labute approximate surface area is 150 Å². The van der Waals surface area contributed by atoms with Crippen LogP contribution >= 0.6 is 0 Å². The summed E-state index contributed by atoms with van der Waals surface area (Å²) < 4.78 is 39.8. The second-order valence-electron chi connectivity index (χ2n) is 6.64. The molecule has 26 heavy (non-hydrogen) atoms. The summed E-state index contributed by atoms with van der Waals surface area (Å²) in [5, 5.41) is 7.00. The van der Waals surface area contributed by atoms with Crippen molar-refractivity contribution in [1.29, 1.82) is 0 Å². The summed E-state index contributed by atoms with van der Waals surface area (Å²) in [6.07, 6.45) is 2.23. The number of carbonyl (C=O) groups is 1. The number of nitrogens with one attached hydrogen (secondary N) is 1. The second-order valence-corrected chi connectivity index (χ2v) is 8.57. The highest BCUT2D eigenvalue weighted by Crippen LogP contribution is 2.39. The maximum atomic E-state index is 13.3. The van der Waals surface area contributed by atoms with E-state index < -0.39 is 15.8 Å². The first-order valence-electron chi connectivity index (χ1n) is 8.55. The first kappa shape index (κ1) is 17.2. The third-order valence-electron chi connectivity index (χ3n) is 4.79. The molecular weight excluding hydrogens is 359 g/mol. The lowest BCUT2D eigenvalue weighted by Gasteiger charge is -2.33. The number of sulfonamides is 1. The Kier molecular flexibility index (Phi) is 4.28. The summed E-state index contributed by atoms with van der Waals surface area (Å²) in [7, 11) is -3.76. The monoisotopic (exact) mass is 378 g/mol. The van der Waals surface area contributed by atoms with Crippen LogP contribution in [0.1, 0.15) is 34.9 Å². The van der Waals surface area contributed by atoms with E-state index in [1.54, 1.807) is 11.0 Å². The third-order valence-corrected chi connectivity index (χ3v) is 6.69. The van der Waals surface area contributed by atoms with Crippen molar-refractivity contribution in [2.45, 2.75) is 23.7 Å². The van der Waals surface area contributed by atoms with Crippen molar-refractivity contribution >= 4 is 15.9 Å². The number of halogens is 1. The molecule has 2 fully saturated rings. The van der Waals surface area contributed by atoms with Crippen molar-refractivity contribution in [2.75, 3.05) is 26.2 Å². The molecule has 0 bridgehead atoms. The van der Waals surface area contributed by atoms with Crippen LogP contribution in [0.5, 0.6) is 0 Å². The van der Waals surface area contributed by atoms with Crippen LogP contribution in [0, 0.1) is 5.82 Å². The van der Waals surface area contributed by atoms with Crippen molar-refractivity contribution in [3.05, 3.63) is 47.5 Å². The number of rotatable bonds is 4. The Morgan fingerprint density at radius 1 is 1.15 bits per heavy atom.